The van der Waals surface area contributed by atoms with Gasteiger partial charge in [0, 0.05) is 23.9 Å². The SMILES string of the molecule is CC(CO)Nc1ncnc2[nH]cc(C(=O)c3ccc(Nc4ccc(C5CC5)nc4)nc3F)c12. The molecule has 4 N–H and O–H groups in total. The van der Waals surface area contributed by atoms with Gasteiger partial charge in [-0.25, -0.2) is 15.0 Å². The average Bonchev–Trinajstić information content (AvgIpc) is 3.58. The largest absolute Gasteiger partial charge is 0.394 e. The number of rotatable bonds is 8. The first-order valence-electron chi connectivity index (χ1n) is 10.7. The van der Waals surface area contributed by atoms with Crippen LogP contribution in [0, 0.1) is 5.95 Å². The molecule has 9 nitrogen and oxygen atoms in total. The molecule has 0 aliphatic heterocycles. The van der Waals surface area contributed by atoms with Gasteiger partial charge in [-0.3, -0.25) is 9.78 Å². The van der Waals surface area contributed by atoms with Crippen LogP contribution in [0.25, 0.3) is 11.0 Å². The van der Waals surface area contributed by atoms with Crippen molar-refractivity contribution >= 4 is 34.1 Å². The van der Waals surface area contributed by atoms with Crippen molar-refractivity contribution in [3.63, 3.8) is 0 Å². The third kappa shape index (κ3) is 4.24. The molecular weight excluding hydrogens is 425 g/mol. The van der Waals surface area contributed by atoms with E-state index >= 15 is 0 Å². The van der Waals surface area contributed by atoms with E-state index < -0.39 is 11.7 Å². The molecule has 1 aliphatic rings. The standard InChI is InChI=1S/C23H22FN7O2/c1-12(10-32)29-23-19-16(9-26-22(19)27-11-28-23)20(33)15-5-7-18(31-21(15)24)30-14-4-6-17(25-8-14)13-2-3-13/h4-9,11-13,32H,2-3,10H2,1H3,(H,30,31)(H2,26,27,28,29). The van der Waals surface area contributed by atoms with E-state index in [2.05, 4.69) is 35.6 Å². The topological polar surface area (TPSA) is 129 Å². The Kier molecular flexibility index (Phi) is 5.43. The maximum Gasteiger partial charge on any atom is 0.226 e. The molecule has 33 heavy (non-hydrogen) atoms. The highest BCUT2D eigenvalue weighted by Crippen LogP contribution is 2.39. The zero-order chi connectivity index (χ0) is 22.9. The number of aromatic nitrogens is 5. The molecule has 1 saturated carbocycles. The van der Waals surface area contributed by atoms with Gasteiger partial charge in [0.1, 0.15) is 23.6 Å². The number of nitrogens with one attached hydrogen (secondary N) is 3. The van der Waals surface area contributed by atoms with Crippen LogP contribution in [0.2, 0.25) is 0 Å². The van der Waals surface area contributed by atoms with Crippen molar-refractivity contribution < 1.29 is 14.3 Å². The lowest BCUT2D eigenvalue weighted by molar-refractivity contribution is 0.103. The van der Waals surface area contributed by atoms with Crippen LogP contribution in [-0.2, 0) is 0 Å². The molecule has 0 radical (unpaired) electrons. The zero-order valence-corrected chi connectivity index (χ0v) is 17.8. The summed E-state index contributed by atoms with van der Waals surface area (Å²) >= 11 is 0. The van der Waals surface area contributed by atoms with Crippen LogP contribution in [0.15, 0.2) is 43.0 Å². The minimum Gasteiger partial charge on any atom is -0.394 e. The number of aromatic amines is 1. The highest BCUT2D eigenvalue weighted by Gasteiger charge is 2.25. The van der Waals surface area contributed by atoms with Gasteiger partial charge in [0.2, 0.25) is 5.95 Å². The first-order valence-corrected chi connectivity index (χ1v) is 10.7. The summed E-state index contributed by atoms with van der Waals surface area (Å²) in [7, 11) is 0. The Morgan fingerprint density at radius 1 is 1.21 bits per heavy atom. The quantitative estimate of drug-likeness (QED) is 0.239. The van der Waals surface area contributed by atoms with Gasteiger partial charge in [-0.1, -0.05) is 0 Å². The Hall–Kier alpha value is -3.92. The maximum atomic E-state index is 14.9. The number of anilines is 3. The number of pyridine rings is 2. The van der Waals surface area contributed by atoms with Gasteiger partial charge in [0.25, 0.3) is 0 Å². The molecule has 1 fully saturated rings. The Bertz CT molecular complexity index is 1320. The van der Waals surface area contributed by atoms with Gasteiger partial charge in [-0.05, 0) is 44.0 Å². The molecule has 0 saturated heterocycles. The molecule has 0 amide bonds. The molecular formula is C23H22FN7O2. The van der Waals surface area contributed by atoms with Crippen LogP contribution in [0.3, 0.4) is 0 Å². The summed E-state index contributed by atoms with van der Waals surface area (Å²) < 4.78 is 14.9. The Labute approximate surface area is 188 Å². The molecule has 0 aromatic carbocycles. The molecule has 1 atom stereocenters. The second-order valence-corrected chi connectivity index (χ2v) is 8.11. The van der Waals surface area contributed by atoms with E-state index in [1.54, 1.807) is 19.2 Å². The van der Waals surface area contributed by atoms with Crippen LogP contribution in [-0.4, -0.2) is 48.5 Å². The van der Waals surface area contributed by atoms with Crippen molar-refractivity contribution in [2.24, 2.45) is 0 Å². The number of fused-ring (bicyclic) bond motifs is 1. The molecule has 4 aromatic rings. The predicted octanol–water partition coefficient (Wildman–Crippen LogP) is 3.53. The van der Waals surface area contributed by atoms with Crippen LogP contribution in [0.4, 0.5) is 21.7 Å². The van der Waals surface area contributed by atoms with Crippen LogP contribution >= 0.6 is 0 Å². The van der Waals surface area contributed by atoms with Gasteiger partial charge in [0.15, 0.2) is 5.78 Å². The number of aliphatic hydroxyl groups is 1. The molecule has 1 aliphatic carbocycles. The summed E-state index contributed by atoms with van der Waals surface area (Å²) in [6.07, 6.45) is 6.84. The monoisotopic (exact) mass is 447 g/mol. The van der Waals surface area contributed by atoms with E-state index in [-0.39, 0.29) is 29.6 Å². The van der Waals surface area contributed by atoms with Crippen molar-refractivity contribution in [1.29, 1.82) is 0 Å². The maximum absolute atomic E-state index is 14.9. The fourth-order valence-corrected chi connectivity index (χ4v) is 3.60. The van der Waals surface area contributed by atoms with Gasteiger partial charge >= 0.3 is 0 Å². The lowest BCUT2D eigenvalue weighted by Gasteiger charge is -2.12. The highest BCUT2D eigenvalue weighted by molar-refractivity contribution is 6.18. The van der Waals surface area contributed by atoms with Gasteiger partial charge in [-0.15, -0.1) is 0 Å². The van der Waals surface area contributed by atoms with Crippen molar-refractivity contribution in [1.82, 2.24) is 24.9 Å². The van der Waals surface area contributed by atoms with Gasteiger partial charge < -0.3 is 20.7 Å². The molecule has 168 valence electrons. The number of hydrogen-bond acceptors (Lipinski definition) is 8. The summed E-state index contributed by atoms with van der Waals surface area (Å²) in [6, 6.07) is 6.48. The molecule has 4 aromatic heterocycles. The molecule has 5 rings (SSSR count). The second-order valence-electron chi connectivity index (χ2n) is 8.11. The van der Waals surface area contributed by atoms with Crippen LogP contribution < -0.4 is 10.6 Å². The summed E-state index contributed by atoms with van der Waals surface area (Å²) in [4.78, 5) is 32.7. The summed E-state index contributed by atoms with van der Waals surface area (Å²) in [6.45, 7) is 1.65. The number of halogens is 1. The number of nitrogens with zero attached hydrogens (tertiary/aromatic N) is 4. The molecule has 4 heterocycles. The van der Waals surface area contributed by atoms with E-state index in [9.17, 15) is 14.3 Å². The van der Waals surface area contributed by atoms with E-state index in [1.807, 2.05) is 12.1 Å². The van der Waals surface area contributed by atoms with Crippen LogP contribution in [0.5, 0.6) is 0 Å². The third-order valence-corrected chi connectivity index (χ3v) is 5.52. The van der Waals surface area contributed by atoms with E-state index in [0.29, 0.717) is 28.5 Å². The van der Waals surface area contributed by atoms with E-state index in [4.69, 9.17) is 0 Å². The van der Waals surface area contributed by atoms with Gasteiger partial charge in [0.05, 0.1) is 35.0 Å². The van der Waals surface area contributed by atoms with Gasteiger partial charge in [-0.2, -0.15) is 4.39 Å². The fourth-order valence-electron chi connectivity index (χ4n) is 3.60. The number of carbonyl (C=O) groups is 1. The molecule has 10 heteroatoms. The lowest BCUT2D eigenvalue weighted by atomic mass is 10.0. The van der Waals surface area contributed by atoms with E-state index in [0.717, 1.165) is 5.69 Å². The first kappa shape index (κ1) is 21.0. The Balaban J connectivity index is 1.40. The van der Waals surface area contributed by atoms with Crippen molar-refractivity contribution in [3.8, 4) is 0 Å². The lowest BCUT2D eigenvalue weighted by Crippen LogP contribution is -2.20. The van der Waals surface area contributed by atoms with Crippen molar-refractivity contribution in [2.75, 3.05) is 17.2 Å². The predicted molar refractivity (Wildman–Crippen MR) is 121 cm³/mol. The Morgan fingerprint density at radius 3 is 2.76 bits per heavy atom. The van der Waals surface area contributed by atoms with Crippen molar-refractivity contribution in [3.05, 3.63) is 65.8 Å². The molecule has 0 spiro atoms. The molecule has 1 unspecified atom stereocenters. The number of carbonyl (C=O) groups excluding carboxylic acids is 1. The normalized spacial score (nSPS) is 14.3. The first-order chi connectivity index (χ1) is 16.0. The third-order valence-electron chi connectivity index (χ3n) is 5.52. The second kappa shape index (κ2) is 8.55. The minimum absolute atomic E-state index is 0.120. The Morgan fingerprint density at radius 2 is 2.06 bits per heavy atom. The molecule has 0 bridgehead atoms. The summed E-state index contributed by atoms with van der Waals surface area (Å²) in [5.74, 6) is -0.247. The van der Waals surface area contributed by atoms with E-state index in [1.165, 1.54) is 31.4 Å². The van der Waals surface area contributed by atoms with Crippen molar-refractivity contribution in [2.45, 2.75) is 31.7 Å². The number of H-pyrrole nitrogens is 1. The average molecular weight is 447 g/mol. The summed E-state index contributed by atoms with van der Waals surface area (Å²) in [5, 5.41) is 15.8. The van der Waals surface area contributed by atoms with Crippen LogP contribution in [0.1, 0.15) is 47.3 Å². The summed E-state index contributed by atoms with van der Waals surface area (Å²) in [5.41, 5.74) is 2.21. The number of ketones is 1. The highest BCUT2D eigenvalue weighted by atomic mass is 19.1. The smallest absolute Gasteiger partial charge is 0.226 e. The zero-order valence-electron chi connectivity index (χ0n) is 17.8. The number of aliphatic hydroxyl groups excluding tert-OH is 1. The number of hydrogen-bond donors (Lipinski definition) is 4. The minimum atomic E-state index is -0.892. The fraction of sp³-hybridized carbons (Fsp3) is 0.261.